The Morgan fingerprint density at radius 3 is 2.90 bits per heavy atom. The lowest BCUT2D eigenvalue weighted by Gasteiger charge is -2.03. The van der Waals surface area contributed by atoms with Gasteiger partial charge in [0.25, 0.3) is 5.91 Å². The number of hydrogen-bond acceptors (Lipinski definition) is 4. The first-order chi connectivity index (χ1) is 10.1. The maximum Gasteiger partial charge on any atom is 0.275 e. The van der Waals surface area contributed by atoms with Gasteiger partial charge in [0.1, 0.15) is 11.5 Å². The van der Waals surface area contributed by atoms with Crippen molar-refractivity contribution in [1.82, 2.24) is 5.43 Å². The van der Waals surface area contributed by atoms with E-state index in [1.165, 1.54) is 24.4 Å². The molecular weight excluding hydrogens is 292 g/mol. The van der Waals surface area contributed by atoms with Gasteiger partial charge in [0, 0.05) is 5.02 Å². The first kappa shape index (κ1) is 14.9. The van der Waals surface area contributed by atoms with Crippen molar-refractivity contribution in [2.24, 2.45) is 5.10 Å². The summed E-state index contributed by atoms with van der Waals surface area (Å²) in [4.78, 5) is 11.9. The van der Waals surface area contributed by atoms with Gasteiger partial charge in [0.2, 0.25) is 0 Å². The highest BCUT2D eigenvalue weighted by atomic mass is 35.5. The van der Waals surface area contributed by atoms with Crippen molar-refractivity contribution >= 4 is 23.7 Å². The second-order valence-corrected chi connectivity index (χ2v) is 4.57. The van der Waals surface area contributed by atoms with Gasteiger partial charge in [-0.15, -0.1) is 0 Å². The third kappa shape index (κ3) is 3.97. The third-order valence-electron chi connectivity index (χ3n) is 2.68. The summed E-state index contributed by atoms with van der Waals surface area (Å²) in [5.41, 5.74) is 3.15. The molecule has 1 amide bonds. The van der Waals surface area contributed by atoms with Crippen LogP contribution in [0.3, 0.4) is 0 Å². The zero-order valence-corrected chi connectivity index (χ0v) is 12.0. The van der Waals surface area contributed by atoms with Gasteiger partial charge in [-0.3, -0.25) is 4.79 Å². The number of methoxy groups -OCH3 is 1. The van der Waals surface area contributed by atoms with E-state index in [2.05, 4.69) is 10.5 Å². The molecule has 0 unspecified atom stereocenters. The number of ether oxygens (including phenoxy) is 1. The highest BCUT2D eigenvalue weighted by molar-refractivity contribution is 6.31. The summed E-state index contributed by atoms with van der Waals surface area (Å²) in [5, 5.41) is 13.8. The Kier molecular flexibility index (Phi) is 4.79. The van der Waals surface area contributed by atoms with Crippen molar-refractivity contribution < 1.29 is 14.6 Å². The molecule has 0 aliphatic carbocycles. The predicted molar refractivity (Wildman–Crippen MR) is 81.2 cm³/mol. The van der Waals surface area contributed by atoms with Gasteiger partial charge in [0.05, 0.1) is 18.9 Å². The van der Waals surface area contributed by atoms with E-state index in [0.29, 0.717) is 10.8 Å². The maximum absolute atomic E-state index is 11.9. The lowest BCUT2D eigenvalue weighted by Crippen LogP contribution is -2.17. The van der Waals surface area contributed by atoms with E-state index in [1.807, 2.05) is 12.1 Å². The van der Waals surface area contributed by atoms with Crippen molar-refractivity contribution in [2.45, 2.75) is 0 Å². The van der Waals surface area contributed by atoms with Gasteiger partial charge < -0.3 is 9.84 Å². The van der Waals surface area contributed by atoms with Crippen molar-refractivity contribution in [3.05, 3.63) is 58.6 Å². The van der Waals surface area contributed by atoms with Crippen LogP contribution in [0.5, 0.6) is 11.5 Å². The normalized spacial score (nSPS) is 10.6. The van der Waals surface area contributed by atoms with Crippen LogP contribution in [0.1, 0.15) is 15.9 Å². The van der Waals surface area contributed by atoms with Crippen LogP contribution in [-0.2, 0) is 0 Å². The van der Waals surface area contributed by atoms with Crippen LogP contribution in [0, 0.1) is 0 Å². The molecule has 6 heteroatoms. The number of rotatable bonds is 4. The smallest absolute Gasteiger partial charge is 0.275 e. The molecule has 0 saturated carbocycles. The fraction of sp³-hybridized carbons (Fsp3) is 0.0667. The molecule has 2 N–H and O–H groups in total. The zero-order chi connectivity index (χ0) is 15.2. The Labute approximate surface area is 126 Å². The molecule has 0 fully saturated rings. The zero-order valence-electron chi connectivity index (χ0n) is 11.2. The SMILES string of the molecule is COc1cccc(/C=N/NC(=O)c2cc(Cl)ccc2O)c1. The number of nitrogens with zero attached hydrogens (tertiary/aromatic N) is 1. The Morgan fingerprint density at radius 2 is 2.14 bits per heavy atom. The Bertz CT molecular complexity index is 686. The van der Waals surface area contributed by atoms with Gasteiger partial charge >= 0.3 is 0 Å². The molecule has 0 aliphatic rings. The largest absolute Gasteiger partial charge is 0.507 e. The van der Waals surface area contributed by atoms with Crippen LogP contribution in [-0.4, -0.2) is 24.3 Å². The molecule has 2 aromatic carbocycles. The van der Waals surface area contributed by atoms with Gasteiger partial charge in [-0.25, -0.2) is 5.43 Å². The minimum atomic E-state index is -0.547. The number of carbonyl (C=O) groups excluding carboxylic acids is 1. The summed E-state index contributed by atoms with van der Waals surface area (Å²) in [7, 11) is 1.57. The van der Waals surface area contributed by atoms with E-state index in [9.17, 15) is 9.90 Å². The average Bonchev–Trinajstić information content (AvgIpc) is 2.49. The standard InChI is InChI=1S/C15H13ClN2O3/c1-21-12-4-2-3-10(7-12)9-17-18-15(20)13-8-11(16)5-6-14(13)19/h2-9,19H,1H3,(H,18,20)/b17-9+. The number of carbonyl (C=O) groups is 1. The van der Waals surface area contributed by atoms with E-state index in [-0.39, 0.29) is 11.3 Å². The molecule has 0 radical (unpaired) electrons. The highest BCUT2D eigenvalue weighted by Gasteiger charge is 2.10. The predicted octanol–water partition coefficient (Wildman–Crippen LogP) is 2.82. The molecule has 0 heterocycles. The molecule has 0 atom stereocenters. The molecule has 0 saturated heterocycles. The van der Waals surface area contributed by atoms with Gasteiger partial charge in [0.15, 0.2) is 0 Å². The van der Waals surface area contributed by atoms with Crippen molar-refractivity contribution in [3.8, 4) is 11.5 Å². The lowest BCUT2D eigenvalue weighted by molar-refractivity contribution is 0.0952. The molecule has 2 rings (SSSR count). The monoisotopic (exact) mass is 304 g/mol. The summed E-state index contributed by atoms with van der Waals surface area (Å²) < 4.78 is 5.08. The minimum absolute atomic E-state index is 0.0605. The van der Waals surface area contributed by atoms with Crippen molar-refractivity contribution in [1.29, 1.82) is 0 Å². The van der Waals surface area contributed by atoms with E-state index in [1.54, 1.807) is 19.2 Å². The number of phenols is 1. The van der Waals surface area contributed by atoms with E-state index in [0.717, 1.165) is 5.56 Å². The van der Waals surface area contributed by atoms with Crippen LogP contribution in [0.2, 0.25) is 5.02 Å². The Hall–Kier alpha value is -2.53. The van der Waals surface area contributed by atoms with Gasteiger partial charge in [-0.2, -0.15) is 5.10 Å². The Balaban J connectivity index is 2.06. The molecule has 0 bridgehead atoms. The van der Waals surface area contributed by atoms with Crippen molar-refractivity contribution in [3.63, 3.8) is 0 Å². The number of nitrogens with one attached hydrogen (secondary N) is 1. The van der Waals surface area contributed by atoms with Gasteiger partial charge in [-0.1, -0.05) is 23.7 Å². The van der Waals surface area contributed by atoms with Crippen LogP contribution in [0.25, 0.3) is 0 Å². The van der Waals surface area contributed by atoms with Crippen LogP contribution in [0.4, 0.5) is 0 Å². The summed E-state index contributed by atoms with van der Waals surface area (Å²) in [5.74, 6) is -0.0135. The van der Waals surface area contributed by atoms with Gasteiger partial charge in [-0.05, 0) is 35.9 Å². The van der Waals surface area contributed by atoms with Crippen LogP contribution in [0.15, 0.2) is 47.6 Å². The molecule has 21 heavy (non-hydrogen) atoms. The molecule has 0 aromatic heterocycles. The van der Waals surface area contributed by atoms with Crippen LogP contribution >= 0.6 is 11.6 Å². The first-order valence-electron chi connectivity index (χ1n) is 6.06. The molecule has 5 nitrogen and oxygen atoms in total. The molecule has 0 aliphatic heterocycles. The van der Waals surface area contributed by atoms with E-state index < -0.39 is 5.91 Å². The lowest BCUT2D eigenvalue weighted by atomic mass is 10.2. The second kappa shape index (κ2) is 6.76. The van der Waals surface area contributed by atoms with E-state index in [4.69, 9.17) is 16.3 Å². The molecule has 2 aromatic rings. The Morgan fingerprint density at radius 1 is 1.33 bits per heavy atom. The molecular formula is C15H13ClN2O3. The fourth-order valence-corrected chi connectivity index (χ4v) is 1.81. The summed E-state index contributed by atoms with van der Waals surface area (Å²) in [6, 6.07) is 11.4. The highest BCUT2D eigenvalue weighted by Crippen LogP contribution is 2.21. The summed E-state index contributed by atoms with van der Waals surface area (Å²) >= 11 is 5.78. The average molecular weight is 305 g/mol. The number of benzene rings is 2. The number of phenolic OH excluding ortho intramolecular Hbond substituents is 1. The van der Waals surface area contributed by atoms with E-state index >= 15 is 0 Å². The minimum Gasteiger partial charge on any atom is -0.507 e. The number of aromatic hydroxyl groups is 1. The molecule has 108 valence electrons. The second-order valence-electron chi connectivity index (χ2n) is 4.14. The fourth-order valence-electron chi connectivity index (χ4n) is 1.64. The topological polar surface area (TPSA) is 70.9 Å². The van der Waals surface area contributed by atoms with Crippen molar-refractivity contribution in [2.75, 3.05) is 7.11 Å². The summed E-state index contributed by atoms with van der Waals surface area (Å²) in [6.45, 7) is 0. The number of hydrazone groups is 1. The third-order valence-corrected chi connectivity index (χ3v) is 2.91. The first-order valence-corrected chi connectivity index (χ1v) is 6.44. The number of amides is 1. The number of halogens is 1. The summed E-state index contributed by atoms with van der Waals surface area (Å²) in [6.07, 6.45) is 1.47. The maximum atomic E-state index is 11.9. The molecule has 0 spiro atoms. The quantitative estimate of drug-likeness (QED) is 0.674. The van der Waals surface area contributed by atoms with Crippen LogP contribution < -0.4 is 10.2 Å². The number of hydrogen-bond donors (Lipinski definition) is 2.